The van der Waals surface area contributed by atoms with E-state index in [-0.39, 0.29) is 35.4 Å². The number of carboxylic acid groups (broad SMARTS) is 2. The van der Waals surface area contributed by atoms with E-state index in [2.05, 4.69) is 20.4 Å². The minimum absolute atomic E-state index is 0. The molecule has 0 saturated heterocycles. The van der Waals surface area contributed by atoms with Gasteiger partial charge in [-0.15, -0.1) is 22.1 Å². The number of carboxylic acids is 2. The molecule has 0 amide bonds. The van der Waals surface area contributed by atoms with E-state index in [0.717, 1.165) is 78.9 Å². The average molecular weight is 637 g/mol. The number of fused-ring (bicyclic) bond motifs is 8. The maximum absolute atomic E-state index is 11.5. The van der Waals surface area contributed by atoms with Crippen LogP contribution in [0.4, 0.5) is 0 Å². The Morgan fingerprint density at radius 1 is 0.750 bits per heavy atom. The minimum atomic E-state index is -0.891. The van der Waals surface area contributed by atoms with Gasteiger partial charge in [0.15, 0.2) is 0 Å². The number of nitrogens with zero attached hydrogens (tertiary/aromatic N) is 4. The van der Waals surface area contributed by atoms with Gasteiger partial charge < -0.3 is 25.7 Å². The number of allylic oxidation sites excluding steroid dienone is 4. The van der Waals surface area contributed by atoms with Crippen molar-refractivity contribution in [3.63, 3.8) is 0 Å². The summed E-state index contributed by atoms with van der Waals surface area (Å²) in [5, 5.41) is 18.9. The van der Waals surface area contributed by atoms with E-state index in [0.29, 0.717) is 29.7 Å². The number of hydrogen-bond acceptors (Lipinski definition) is 4. The third-order valence-electron chi connectivity index (χ3n) is 8.30. The van der Waals surface area contributed by atoms with E-state index >= 15 is 0 Å². The Morgan fingerprint density at radius 3 is 1.82 bits per heavy atom. The normalized spacial score (nSPS) is 12.6. The summed E-state index contributed by atoms with van der Waals surface area (Å²) in [4.78, 5) is 42.9. The zero-order chi connectivity index (χ0) is 30.3. The fourth-order valence-electron chi connectivity index (χ4n) is 5.83. The van der Waals surface area contributed by atoms with Gasteiger partial charge in [-0.3, -0.25) is 9.59 Å². The van der Waals surface area contributed by atoms with Crippen LogP contribution in [0.2, 0.25) is 0 Å². The van der Waals surface area contributed by atoms with Crippen molar-refractivity contribution in [3.8, 4) is 0 Å². The second kappa shape index (κ2) is 13.6. The second-order valence-corrected chi connectivity index (χ2v) is 10.8. The molecule has 9 nitrogen and oxygen atoms in total. The predicted octanol–water partition coefficient (Wildman–Crippen LogP) is 6.16. The number of carbonyl (C=O) groups is 2. The molecular weight excluding hydrogens is 600 g/mol. The van der Waals surface area contributed by atoms with Gasteiger partial charge >= 0.3 is 29.0 Å². The van der Waals surface area contributed by atoms with Crippen LogP contribution in [0, 0.1) is 13.8 Å². The summed E-state index contributed by atoms with van der Waals surface area (Å²) < 4.78 is 0. The summed E-state index contributed by atoms with van der Waals surface area (Å²) in [7, 11) is 0. The maximum atomic E-state index is 11.5. The van der Waals surface area contributed by atoms with Gasteiger partial charge in [0.25, 0.3) is 0 Å². The van der Waals surface area contributed by atoms with Crippen molar-refractivity contribution < 1.29 is 42.3 Å². The van der Waals surface area contributed by atoms with Crippen LogP contribution in [0.25, 0.3) is 50.4 Å². The fraction of sp³-hybridized carbons (Fsp3) is 0.294. The van der Waals surface area contributed by atoms with E-state index in [1.165, 1.54) is 0 Å². The molecule has 3 aromatic rings. The first-order valence-corrected chi connectivity index (χ1v) is 14.1. The van der Waals surface area contributed by atoms with E-state index in [1.807, 2.05) is 45.0 Å². The Morgan fingerprint density at radius 2 is 1.23 bits per heavy atom. The van der Waals surface area contributed by atoms with Crippen molar-refractivity contribution in [3.05, 3.63) is 75.9 Å². The van der Waals surface area contributed by atoms with E-state index in [9.17, 15) is 19.8 Å². The Balaban J connectivity index is 0.00000264. The molecule has 0 spiro atoms. The topological polar surface area (TPSA) is 160 Å². The number of aryl methyl sites for hydroxylation is 3. The maximum Gasteiger partial charge on any atom is 2.00 e. The SMILES string of the molecule is C=Cc1c(C)c2cc3nc(cc4[n-]c(cc5nc(cc1[n-]2)C(C)=C5CCC(=O)O)c(CCC(=O)O)c4C)C(C)=C3CC.O.[Fe+2]. The quantitative estimate of drug-likeness (QED) is 0.278. The Bertz CT molecular complexity index is 1890. The van der Waals surface area contributed by atoms with Gasteiger partial charge in [0.2, 0.25) is 0 Å². The van der Waals surface area contributed by atoms with Crippen LogP contribution in [0.15, 0.2) is 30.8 Å². The summed E-state index contributed by atoms with van der Waals surface area (Å²) in [6.07, 6.45) is 3.14. The average Bonchev–Trinajstić information content (AvgIpc) is 3.59. The third kappa shape index (κ3) is 6.33. The largest absolute Gasteiger partial charge is 2.00 e. The molecule has 2 aliphatic heterocycles. The number of hydrogen-bond donors (Lipinski definition) is 2. The van der Waals surface area contributed by atoms with E-state index in [1.54, 1.807) is 6.08 Å². The van der Waals surface area contributed by atoms with Crippen LogP contribution in [-0.4, -0.2) is 37.6 Å². The summed E-state index contributed by atoms with van der Waals surface area (Å²) in [6.45, 7) is 14.1. The van der Waals surface area contributed by atoms with Crippen LogP contribution in [0.3, 0.4) is 0 Å². The molecule has 5 rings (SSSR count). The summed E-state index contributed by atoms with van der Waals surface area (Å²) in [6, 6.07) is 7.77. The van der Waals surface area contributed by atoms with Gasteiger partial charge in [-0.25, -0.2) is 9.97 Å². The van der Waals surface area contributed by atoms with E-state index in [4.69, 9.17) is 19.9 Å². The fourth-order valence-corrected chi connectivity index (χ4v) is 5.83. The first kappa shape index (κ1) is 34.3. The zero-order valence-corrected chi connectivity index (χ0v) is 26.6. The first-order chi connectivity index (χ1) is 20.0. The van der Waals surface area contributed by atoms with Gasteiger partial charge in [0.1, 0.15) is 0 Å². The Hall–Kier alpha value is -4.24. The molecule has 0 radical (unpaired) electrons. The zero-order valence-electron chi connectivity index (χ0n) is 25.5. The van der Waals surface area contributed by atoms with Crippen molar-refractivity contribution in [2.45, 2.75) is 66.7 Å². The molecule has 0 unspecified atom stereocenters. The molecule has 0 atom stereocenters. The molecular formula is C34H36FeN4O5. The van der Waals surface area contributed by atoms with Gasteiger partial charge in [-0.1, -0.05) is 60.5 Å². The summed E-state index contributed by atoms with van der Waals surface area (Å²) in [5.41, 5.74) is 13.4. The van der Waals surface area contributed by atoms with Gasteiger partial charge in [-0.2, -0.15) is 0 Å². The standard InChI is InChI=1S/C34H36N4O4.Fe.H2O/c1-7-21-17(3)25-13-26-19(5)23(9-11-33(39)40)31(37-26)16-32-24(10-12-34(41)42)20(6)28(38-32)15-30-22(8-2)18(4)27(36-30)14-29(21)35-25;;/h8,13-16H,2,7,9-12H2,1,3-6H3,(H4,35,36,37,38,39,40,41,42);;1H2/q;+2;/p-2. The predicted molar refractivity (Wildman–Crippen MR) is 170 cm³/mol. The Kier molecular flexibility index (Phi) is 10.6. The van der Waals surface area contributed by atoms with Crippen LogP contribution in [0.1, 0.15) is 91.5 Å². The third-order valence-corrected chi connectivity index (χ3v) is 8.30. The van der Waals surface area contributed by atoms with Gasteiger partial charge in [-0.05, 0) is 74.8 Å². The number of aromatic nitrogens is 4. The minimum Gasteiger partial charge on any atom is -0.657 e. The molecule has 10 heteroatoms. The van der Waals surface area contributed by atoms with Crippen LogP contribution in [-0.2, 0) is 33.1 Å². The summed E-state index contributed by atoms with van der Waals surface area (Å²) >= 11 is 0. The van der Waals surface area contributed by atoms with Crippen LogP contribution < -0.4 is 9.97 Å². The molecule has 44 heavy (non-hydrogen) atoms. The smallest absolute Gasteiger partial charge is 0.657 e. The molecule has 0 aromatic carbocycles. The van der Waals surface area contributed by atoms with Gasteiger partial charge in [0, 0.05) is 12.8 Å². The second-order valence-electron chi connectivity index (χ2n) is 10.8. The van der Waals surface area contributed by atoms with Crippen LogP contribution in [0.5, 0.6) is 0 Å². The number of aliphatic carboxylic acids is 2. The molecule has 5 heterocycles. The molecule has 3 aromatic heterocycles. The molecule has 0 saturated carbocycles. The summed E-state index contributed by atoms with van der Waals surface area (Å²) in [5.74, 6) is -1.78. The molecule has 4 N–H and O–H groups in total. The van der Waals surface area contributed by atoms with Crippen LogP contribution >= 0.6 is 0 Å². The molecule has 0 fully saturated rings. The molecule has 0 aliphatic carbocycles. The first-order valence-electron chi connectivity index (χ1n) is 14.1. The van der Waals surface area contributed by atoms with Crippen molar-refractivity contribution in [1.82, 2.24) is 19.9 Å². The van der Waals surface area contributed by atoms with Crippen molar-refractivity contribution in [2.75, 3.05) is 0 Å². The Labute approximate surface area is 266 Å². The van der Waals surface area contributed by atoms with Crippen molar-refractivity contribution >= 4 is 62.4 Å². The van der Waals surface area contributed by atoms with Crippen molar-refractivity contribution in [2.24, 2.45) is 0 Å². The molecule has 2 aliphatic rings. The number of rotatable bonds is 8. The molecule has 8 bridgehead atoms. The molecule has 230 valence electrons. The van der Waals surface area contributed by atoms with Crippen molar-refractivity contribution in [1.29, 1.82) is 0 Å². The van der Waals surface area contributed by atoms with E-state index < -0.39 is 11.9 Å². The monoisotopic (exact) mass is 636 g/mol. The van der Waals surface area contributed by atoms with Gasteiger partial charge in [0.05, 0.1) is 22.8 Å².